The molecule has 0 aromatic rings. The topological polar surface area (TPSA) is 38.5 Å². The molecule has 4 unspecified atom stereocenters. The third-order valence-electron chi connectivity index (χ3n) is 3.60. The summed E-state index contributed by atoms with van der Waals surface area (Å²) in [6.45, 7) is 2.83. The molecule has 0 amide bonds. The Kier molecular flexibility index (Phi) is 2.58. The summed E-state index contributed by atoms with van der Waals surface area (Å²) in [5.41, 5.74) is 6.10. The Morgan fingerprint density at radius 2 is 2.23 bits per heavy atom. The van der Waals surface area contributed by atoms with Crippen LogP contribution in [0.2, 0.25) is 0 Å². The van der Waals surface area contributed by atoms with E-state index < -0.39 is 0 Å². The van der Waals surface area contributed by atoms with Crippen molar-refractivity contribution in [1.29, 1.82) is 0 Å². The van der Waals surface area contributed by atoms with Crippen LogP contribution in [0.4, 0.5) is 0 Å². The average molecular weight is 184 g/mol. The number of ether oxygens (including phenoxy) is 1. The van der Waals surface area contributed by atoms with E-state index in [-0.39, 0.29) is 12.1 Å². The second-order valence-electron chi connectivity index (χ2n) is 4.28. The van der Waals surface area contributed by atoms with Crippen molar-refractivity contribution < 1.29 is 4.74 Å². The van der Waals surface area contributed by atoms with Gasteiger partial charge in [0.2, 0.25) is 0 Å². The van der Waals surface area contributed by atoms with Gasteiger partial charge in [0.1, 0.15) is 0 Å². The van der Waals surface area contributed by atoms with Gasteiger partial charge in [-0.05, 0) is 33.2 Å². The summed E-state index contributed by atoms with van der Waals surface area (Å²) in [6.07, 6.45) is 3.95. The first-order chi connectivity index (χ1) is 6.24. The van der Waals surface area contributed by atoms with E-state index in [0.29, 0.717) is 6.04 Å². The predicted molar refractivity (Wildman–Crippen MR) is 52.6 cm³/mol. The molecule has 2 heterocycles. The molecule has 3 heteroatoms. The summed E-state index contributed by atoms with van der Waals surface area (Å²) < 4.78 is 5.73. The molecule has 0 saturated carbocycles. The molecule has 2 aliphatic rings. The Morgan fingerprint density at radius 3 is 2.92 bits per heavy atom. The van der Waals surface area contributed by atoms with Crippen LogP contribution in [0.15, 0.2) is 0 Å². The van der Waals surface area contributed by atoms with Crippen molar-refractivity contribution in [2.24, 2.45) is 5.73 Å². The fourth-order valence-corrected chi connectivity index (χ4v) is 2.88. The molecule has 2 aliphatic heterocycles. The Morgan fingerprint density at radius 1 is 1.46 bits per heavy atom. The number of fused-ring (bicyclic) bond motifs is 2. The van der Waals surface area contributed by atoms with Gasteiger partial charge in [-0.3, -0.25) is 4.90 Å². The minimum absolute atomic E-state index is 0.258. The van der Waals surface area contributed by atoms with Crippen LogP contribution in [-0.4, -0.2) is 42.8 Å². The van der Waals surface area contributed by atoms with Gasteiger partial charge in [-0.1, -0.05) is 0 Å². The van der Waals surface area contributed by atoms with Crippen molar-refractivity contribution in [3.63, 3.8) is 0 Å². The van der Waals surface area contributed by atoms with E-state index >= 15 is 0 Å². The molecule has 2 rings (SSSR count). The second-order valence-corrected chi connectivity index (χ2v) is 4.28. The van der Waals surface area contributed by atoms with Crippen molar-refractivity contribution >= 4 is 0 Å². The Hall–Kier alpha value is -0.120. The highest BCUT2D eigenvalue weighted by Gasteiger charge is 2.44. The number of hydrogen-bond acceptors (Lipinski definition) is 3. The molecule has 0 aliphatic carbocycles. The van der Waals surface area contributed by atoms with Crippen molar-refractivity contribution in [2.75, 3.05) is 13.7 Å². The third kappa shape index (κ3) is 1.49. The molecular formula is C10H20N2O. The van der Waals surface area contributed by atoms with Crippen LogP contribution in [-0.2, 0) is 4.74 Å². The fourth-order valence-electron chi connectivity index (χ4n) is 2.88. The smallest absolute Gasteiger partial charge is 0.0881 e. The third-order valence-corrected chi connectivity index (χ3v) is 3.60. The summed E-state index contributed by atoms with van der Waals surface area (Å²) in [4.78, 5) is 2.46. The van der Waals surface area contributed by atoms with E-state index in [1.165, 1.54) is 12.8 Å². The lowest BCUT2D eigenvalue weighted by molar-refractivity contribution is -0.0377. The zero-order valence-electron chi connectivity index (χ0n) is 8.57. The first kappa shape index (κ1) is 9.44. The summed E-state index contributed by atoms with van der Waals surface area (Å²) in [5, 5.41) is 0. The summed E-state index contributed by atoms with van der Waals surface area (Å²) >= 11 is 0. The van der Waals surface area contributed by atoms with Crippen LogP contribution in [0.25, 0.3) is 0 Å². The number of piperidine rings is 1. The SMILES string of the molecule is CCOC1C(N)CC2CCC1N2C. The van der Waals surface area contributed by atoms with E-state index in [1.807, 2.05) is 6.92 Å². The van der Waals surface area contributed by atoms with Crippen LogP contribution in [0.5, 0.6) is 0 Å². The van der Waals surface area contributed by atoms with Crippen molar-refractivity contribution in [3.05, 3.63) is 0 Å². The molecule has 0 spiro atoms. The molecule has 2 saturated heterocycles. The maximum absolute atomic E-state index is 6.10. The number of rotatable bonds is 2. The van der Waals surface area contributed by atoms with Gasteiger partial charge < -0.3 is 10.5 Å². The maximum atomic E-state index is 6.10. The van der Waals surface area contributed by atoms with Crippen LogP contribution in [0.3, 0.4) is 0 Å². The quantitative estimate of drug-likeness (QED) is 0.682. The number of nitrogens with two attached hydrogens (primary N) is 1. The first-order valence-electron chi connectivity index (χ1n) is 5.33. The second kappa shape index (κ2) is 3.56. The lowest BCUT2D eigenvalue weighted by Gasteiger charge is -2.41. The Labute approximate surface area is 80.2 Å². The highest BCUT2D eigenvalue weighted by Crippen LogP contribution is 2.35. The van der Waals surface area contributed by atoms with Crippen LogP contribution < -0.4 is 5.73 Å². The van der Waals surface area contributed by atoms with Gasteiger partial charge in [-0.25, -0.2) is 0 Å². The normalized spacial score (nSPS) is 45.5. The van der Waals surface area contributed by atoms with Crippen LogP contribution in [0, 0.1) is 0 Å². The molecular weight excluding hydrogens is 164 g/mol. The lowest BCUT2D eigenvalue weighted by Crippen LogP contribution is -2.56. The molecule has 4 atom stereocenters. The van der Waals surface area contributed by atoms with Gasteiger partial charge >= 0.3 is 0 Å². The van der Waals surface area contributed by atoms with E-state index in [1.54, 1.807) is 0 Å². The number of nitrogens with zero attached hydrogens (tertiary/aromatic N) is 1. The summed E-state index contributed by atoms with van der Waals surface area (Å²) in [7, 11) is 2.21. The van der Waals surface area contributed by atoms with Gasteiger partial charge in [-0.15, -0.1) is 0 Å². The van der Waals surface area contributed by atoms with Crippen molar-refractivity contribution in [1.82, 2.24) is 4.90 Å². The molecule has 0 radical (unpaired) electrons. The molecule has 0 aromatic heterocycles. The highest BCUT2D eigenvalue weighted by atomic mass is 16.5. The van der Waals surface area contributed by atoms with E-state index in [2.05, 4.69) is 11.9 Å². The molecule has 13 heavy (non-hydrogen) atoms. The average Bonchev–Trinajstić information content (AvgIpc) is 2.34. The van der Waals surface area contributed by atoms with Crippen molar-refractivity contribution in [2.45, 2.75) is 50.4 Å². The Bertz CT molecular complexity index is 186. The minimum atomic E-state index is 0.258. The summed E-state index contributed by atoms with van der Waals surface area (Å²) in [5.74, 6) is 0. The van der Waals surface area contributed by atoms with E-state index in [0.717, 1.165) is 19.1 Å². The largest absolute Gasteiger partial charge is 0.375 e. The molecule has 2 bridgehead atoms. The van der Waals surface area contributed by atoms with Gasteiger partial charge in [-0.2, -0.15) is 0 Å². The molecule has 76 valence electrons. The fraction of sp³-hybridized carbons (Fsp3) is 1.00. The standard InChI is InChI=1S/C10H20N2O/c1-3-13-10-8(11)6-7-4-5-9(10)12(7)2/h7-10H,3-6,11H2,1-2H3. The van der Waals surface area contributed by atoms with Crippen LogP contribution in [0.1, 0.15) is 26.2 Å². The molecule has 2 N–H and O–H groups in total. The number of hydrogen-bond donors (Lipinski definition) is 1. The lowest BCUT2D eigenvalue weighted by atomic mass is 9.95. The molecule has 3 nitrogen and oxygen atoms in total. The monoisotopic (exact) mass is 184 g/mol. The number of likely N-dealkylation sites (N-methyl/N-ethyl adjacent to an activating group) is 1. The van der Waals surface area contributed by atoms with E-state index in [9.17, 15) is 0 Å². The van der Waals surface area contributed by atoms with Gasteiger partial charge in [0.25, 0.3) is 0 Å². The Balaban J connectivity index is 2.08. The highest BCUT2D eigenvalue weighted by molar-refractivity contribution is 5.01. The minimum Gasteiger partial charge on any atom is -0.375 e. The predicted octanol–water partition coefficient (Wildman–Crippen LogP) is 0.585. The maximum Gasteiger partial charge on any atom is 0.0881 e. The van der Waals surface area contributed by atoms with Gasteiger partial charge in [0.05, 0.1) is 6.10 Å². The van der Waals surface area contributed by atoms with Gasteiger partial charge in [0, 0.05) is 24.7 Å². The molecule has 0 aromatic carbocycles. The van der Waals surface area contributed by atoms with Gasteiger partial charge in [0.15, 0.2) is 0 Å². The van der Waals surface area contributed by atoms with E-state index in [4.69, 9.17) is 10.5 Å². The zero-order chi connectivity index (χ0) is 9.42. The first-order valence-corrected chi connectivity index (χ1v) is 5.33. The zero-order valence-corrected chi connectivity index (χ0v) is 8.57. The summed E-state index contributed by atoms with van der Waals surface area (Å²) in [6, 6.07) is 1.55. The van der Waals surface area contributed by atoms with Crippen LogP contribution >= 0.6 is 0 Å². The van der Waals surface area contributed by atoms with Crippen molar-refractivity contribution in [3.8, 4) is 0 Å². The molecule has 2 fully saturated rings.